The van der Waals surface area contributed by atoms with Crippen LogP contribution in [0.1, 0.15) is 67.8 Å². The largest absolute Gasteiger partial charge is 0.481 e. The van der Waals surface area contributed by atoms with E-state index in [0.717, 1.165) is 51.5 Å². The maximum absolute atomic E-state index is 14.3. The Morgan fingerprint density at radius 3 is 2.46 bits per heavy atom. The van der Waals surface area contributed by atoms with Gasteiger partial charge in [0.1, 0.15) is 6.10 Å². The van der Waals surface area contributed by atoms with Gasteiger partial charge in [0.2, 0.25) is 0 Å². The molecule has 4 saturated carbocycles. The number of hydrogen-bond donors (Lipinski definition) is 2. The summed E-state index contributed by atoms with van der Waals surface area (Å²) in [4.78, 5) is 37.6. The van der Waals surface area contributed by atoms with E-state index >= 15 is 0 Å². The monoisotopic (exact) mass is 589 g/mol. The van der Waals surface area contributed by atoms with Crippen molar-refractivity contribution in [3.05, 3.63) is 64.1 Å². The molecule has 2 bridgehead atoms. The number of carboxylic acid groups (broad SMARTS) is 1. The van der Waals surface area contributed by atoms with Gasteiger partial charge in [-0.15, -0.1) is 0 Å². The summed E-state index contributed by atoms with van der Waals surface area (Å²) in [5.74, 6) is -1.34. The van der Waals surface area contributed by atoms with E-state index in [9.17, 15) is 14.7 Å². The molecule has 39 heavy (non-hydrogen) atoms. The smallest absolute Gasteiger partial charge is 0.310 e. The summed E-state index contributed by atoms with van der Waals surface area (Å²) < 4.78 is 0.863. The molecule has 7 rings (SSSR count). The maximum Gasteiger partial charge on any atom is 0.310 e. The van der Waals surface area contributed by atoms with E-state index in [1.807, 2.05) is 62.4 Å². The number of carbonyl (C=O) groups is 2. The fraction of sp³-hybridized carbons (Fsp3) is 0.419. The summed E-state index contributed by atoms with van der Waals surface area (Å²) >= 11 is 3.57. The number of carbonyl (C=O) groups excluding carboxylic acids is 1. The lowest BCUT2D eigenvalue weighted by molar-refractivity contribution is -0.155. The predicted octanol–water partition coefficient (Wildman–Crippen LogP) is 6.66. The van der Waals surface area contributed by atoms with Crippen molar-refractivity contribution >= 4 is 44.4 Å². The first kappa shape index (κ1) is 26.0. The minimum atomic E-state index is -0.876. The zero-order valence-corrected chi connectivity index (χ0v) is 23.8. The van der Waals surface area contributed by atoms with Gasteiger partial charge in [-0.2, -0.15) is 0 Å². The molecule has 0 radical (unpaired) electrons. The van der Waals surface area contributed by atoms with Crippen LogP contribution in [0.5, 0.6) is 0 Å². The molecule has 202 valence electrons. The second kappa shape index (κ2) is 9.73. The lowest BCUT2D eigenvalue weighted by Crippen LogP contribution is -2.67. The Labute approximate surface area is 236 Å². The van der Waals surface area contributed by atoms with Gasteiger partial charge in [-0.25, -0.2) is 4.98 Å². The topological polar surface area (TPSA) is 101 Å². The maximum atomic E-state index is 14.3. The quantitative estimate of drug-likeness (QED) is 0.313. The Hall–Kier alpha value is -3.26. The molecule has 1 unspecified atom stereocenters. The van der Waals surface area contributed by atoms with Crippen molar-refractivity contribution in [3.63, 3.8) is 0 Å². The molecule has 0 saturated heterocycles. The molecule has 3 aromatic rings. The number of amides is 1. The Bertz CT molecular complexity index is 1490. The summed E-state index contributed by atoms with van der Waals surface area (Å²) in [7, 11) is 0. The zero-order chi connectivity index (χ0) is 27.4. The van der Waals surface area contributed by atoms with Crippen LogP contribution < -0.4 is 5.32 Å². The molecule has 2 aromatic carbocycles. The van der Waals surface area contributed by atoms with E-state index in [-0.39, 0.29) is 17.9 Å². The third-order valence-corrected chi connectivity index (χ3v) is 9.81. The molecule has 7 nitrogen and oxygen atoms in total. The van der Waals surface area contributed by atoms with Crippen LogP contribution in [0, 0.1) is 18.3 Å². The highest BCUT2D eigenvalue weighted by molar-refractivity contribution is 9.10. The number of nitrogens with zero attached hydrogens (tertiary/aromatic N) is 2. The van der Waals surface area contributed by atoms with Crippen LogP contribution in [-0.2, 0) is 9.63 Å². The zero-order valence-electron chi connectivity index (χ0n) is 22.2. The Kier molecular flexibility index (Phi) is 6.49. The molecule has 1 atom stereocenters. The molecular formula is C31H32BrN3O4. The van der Waals surface area contributed by atoms with Crippen molar-refractivity contribution < 1.29 is 19.5 Å². The van der Waals surface area contributed by atoms with Gasteiger partial charge in [0.15, 0.2) is 0 Å². The van der Waals surface area contributed by atoms with Crippen molar-refractivity contribution in [3.8, 4) is 11.3 Å². The minimum Gasteiger partial charge on any atom is -0.481 e. The normalized spacial score (nSPS) is 27.4. The fourth-order valence-electron chi connectivity index (χ4n) is 6.63. The highest BCUT2D eigenvalue weighted by Gasteiger charge is 2.61. The number of rotatable bonds is 6. The summed E-state index contributed by atoms with van der Waals surface area (Å²) in [6.07, 6.45) is 5.09. The van der Waals surface area contributed by atoms with Crippen LogP contribution in [0.25, 0.3) is 22.2 Å². The van der Waals surface area contributed by atoms with Crippen LogP contribution in [-0.4, -0.2) is 39.3 Å². The van der Waals surface area contributed by atoms with Gasteiger partial charge in [0.05, 0.1) is 33.4 Å². The van der Waals surface area contributed by atoms with E-state index in [2.05, 4.69) is 26.4 Å². The fourth-order valence-corrected chi connectivity index (χ4v) is 6.99. The number of carboxylic acids is 1. The van der Waals surface area contributed by atoms with Gasteiger partial charge in [0, 0.05) is 21.3 Å². The van der Waals surface area contributed by atoms with Gasteiger partial charge < -0.3 is 15.3 Å². The van der Waals surface area contributed by atoms with Gasteiger partial charge >= 0.3 is 5.97 Å². The SMILES string of the molecule is Cc1c(-c2ccccc2)nc2ccc(Br)cc2c1C(=O)NC12CCC(C(=O)O)(CC1)C(C)/C2=N\OC1CCC1. The number of pyridine rings is 1. The number of halogens is 1. The third kappa shape index (κ3) is 4.24. The summed E-state index contributed by atoms with van der Waals surface area (Å²) in [6, 6.07) is 15.7. The van der Waals surface area contributed by atoms with Crippen LogP contribution in [0.4, 0.5) is 0 Å². The average molecular weight is 591 g/mol. The predicted molar refractivity (Wildman–Crippen MR) is 154 cm³/mol. The molecule has 0 spiro atoms. The molecule has 8 heteroatoms. The van der Waals surface area contributed by atoms with Gasteiger partial charge in [-0.3, -0.25) is 9.59 Å². The van der Waals surface area contributed by atoms with Crippen molar-refractivity contribution in [2.45, 2.75) is 70.4 Å². The Morgan fingerprint density at radius 2 is 1.82 bits per heavy atom. The van der Waals surface area contributed by atoms with Crippen LogP contribution in [0.2, 0.25) is 0 Å². The van der Waals surface area contributed by atoms with E-state index in [1.54, 1.807) is 0 Å². The van der Waals surface area contributed by atoms with E-state index in [0.29, 0.717) is 37.0 Å². The summed E-state index contributed by atoms with van der Waals surface area (Å²) in [5, 5.41) is 18.9. The highest BCUT2D eigenvalue weighted by atomic mass is 79.9. The molecule has 0 aliphatic heterocycles. The minimum absolute atomic E-state index is 0.0656. The number of oxime groups is 1. The van der Waals surface area contributed by atoms with E-state index in [4.69, 9.17) is 9.82 Å². The molecule has 4 fully saturated rings. The van der Waals surface area contributed by atoms with E-state index in [1.165, 1.54) is 0 Å². The molecule has 1 heterocycles. The van der Waals surface area contributed by atoms with Crippen molar-refractivity contribution in [2.24, 2.45) is 16.5 Å². The molecule has 1 aromatic heterocycles. The van der Waals surface area contributed by atoms with Gasteiger partial charge in [-0.05, 0) is 75.6 Å². The first-order chi connectivity index (χ1) is 18.7. The first-order valence-corrected chi connectivity index (χ1v) is 14.5. The number of aromatic nitrogens is 1. The lowest BCUT2D eigenvalue weighted by Gasteiger charge is -2.55. The first-order valence-electron chi connectivity index (χ1n) is 13.7. The standard InChI is InChI=1S/C31H32BrN3O4/c1-18-25(23-17-21(32)11-12-24(23)33-26(18)20-7-4-3-5-8-20)28(36)34-31-15-13-30(14-16-31,29(37)38)19(2)27(31)35-39-22-9-6-10-22/h3-5,7-8,11-12,17,19,22H,6,9-10,13-16H2,1-2H3,(H,34,36)(H,37,38)/b35-27+. The lowest BCUT2D eigenvalue weighted by atomic mass is 9.51. The van der Waals surface area contributed by atoms with Crippen molar-refractivity contribution in [2.75, 3.05) is 0 Å². The van der Waals surface area contributed by atoms with Gasteiger partial charge in [-0.1, -0.05) is 58.3 Å². The van der Waals surface area contributed by atoms with Crippen LogP contribution in [0.15, 0.2) is 58.2 Å². The number of fused-ring (bicyclic) bond motifs is 4. The Morgan fingerprint density at radius 1 is 1.10 bits per heavy atom. The van der Waals surface area contributed by atoms with E-state index < -0.39 is 16.9 Å². The molecule has 4 aliphatic rings. The molecule has 1 amide bonds. The number of benzene rings is 2. The molecule has 2 N–H and O–H groups in total. The Balaban J connectivity index is 1.44. The number of aliphatic carboxylic acids is 1. The highest BCUT2D eigenvalue weighted by Crippen LogP contribution is 2.54. The third-order valence-electron chi connectivity index (χ3n) is 9.32. The molecule has 4 aliphatic carbocycles. The summed E-state index contributed by atoms with van der Waals surface area (Å²) in [5.41, 5.74) is 2.84. The number of nitrogens with one attached hydrogen (secondary N) is 1. The average Bonchev–Trinajstić information content (AvgIpc) is 2.89. The van der Waals surface area contributed by atoms with Gasteiger partial charge in [0.25, 0.3) is 5.91 Å². The second-order valence-corrected chi connectivity index (χ2v) is 12.3. The van der Waals surface area contributed by atoms with Crippen LogP contribution >= 0.6 is 15.9 Å². The van der Waals surface area contributed by atoms with Crippen molar-refractivity contribution in [1.82, 2.24) is 10.3 Å². The second-order valence-electron chi connectivity index (χ2n) is 11.3. The number of hydrogen-bond acceptors (Lipinski definition) is 5. The summed E-state index contributed by atoms with van der Waals surface area (Å²) in [6.45, 7) is 3.87. The molecular weight excluding hydrogens is 558 g/mol. The van der Waals surface area contributed by atoms with Crippen LogP contribution in [0.3, 0.4) is 0 Å². The van der Waals surface area contributed by atoms with Crippen molar-refractivity contribution in [1.29, 1.82) is 0 Å².